The summed E-state index contributed by atoms with van der Waals surface area (Å²) in [5.41, 5.74) is 2.06. The summed E-state index contributed by atoms with van der Waals surface area (Å²) in [6.07, 6.45) is 3.19. The van der Waals surface area contributed by atoms with Crippen LogP contribution < -0.4 is 15.4 Å². The summed E-state index contributed by atoms with van der Waals surface area (Å²) < 4.78 is 16.4. The number of rotatable bonds is 11. The van der Waals surface area contributed by atoms with Gasteiger partial charge in [0.2, 0.25) is 0 Å². The first-order chi connectivity index (χ1) is 15.3. The van der Waals surface area contributed by atoms with Crippen molar-refractivity contribution in [2.75, 3.05) is 46.6 Å². The predicted molar refractivity (Wildman–Crippen MR) is 126 cm³/mol. The highest BCUT2D eigenvalue weighted by Crippen LogP contribution is 2.25. The van der Waals surface area contributed by atoms with E-state index < -0.39 is 0 Å². The molecule has 8 heteroatoms. The lowest BCUT2D eigenvalue weighted by molar-refractivity contribution is 0.0203. The van der Waals surface area contributed by atoms with Gasteiger partial charge in [-0.1, -0.05) is 0 Å². The SMILES string of the molecule is CCNC(=NCc1csc(-c2ccc(OC)cc2)n1)NCCCOCC1CCOCC1. The molecule has 1 fully saturated rings. The monoisotopic (exact) mass is 446 g/mol. The molecule has 1 aromatic carbocycles. The van der Waals surface area contributed by atoms with Crippen LogP contribution >= 0.6 is 11.3 Å². The number of guanidine groups is 1. The third-order valence-electron chi connectivity index (χ3n) is 5.08. The van der Waals surface area contributed by atoms with Crippen LogP contribution in [0.5, 0.6) is 5.75 Å². The van der Waals surface area contributed by atoms with Gasteiger partial charge in [0.25, 0.3) is 0 Å². The number of hydrogen-bond acceptors (Lipinski definition) is 6. The second kappa shape index (κ2) is 13.3. The van der Waals surface area contributed by atoms with Crippen LogP contribution in [0.4, 0.5) is 0 Å². The number of ether oxygens (including phenoxy) is 3. The number of thiazole rings is 1. The summed E-state index contributed by atoms with van der Waals surface area (Å²) in [6.45, 7) is 7.62. The number of nitrogens with one attached hydrogen (secondary N) is 2. The third kappa shape index (κ3) is 8.12. The van der Waals surface area contributed by atoms with Crippen molar-refractivity contribution in [1.29, 1.82) is 0 Å². The maximum atomic E-state index is 5.83. The largest absolute Gasteiger partial charge is 0.497 e. The molecule has 0 amide bonds. The topological polar surface area (TPSA) is 77.0 Å². The Labute approximate surface area is 189 Å². The molecule has 1 saturated heterocycles. The van der Waals surface area contributed by atoms with Gasteiger partial charge in [-0.05, 0) is 56.4 Å². The van der Waals surface area contributed by atoms with Gasteiger partial charge in [-0.2, -0.15) is 0 Å². The van der Waals surface area contributed by atoms with Crippen LogP contribution in [0.2, 0.25) is 0 Å². The molecule has 0 atom stereocenters. The summed E-state index contributed by atoms with van der Waals surface area (Å²) in [5, 5.41) is 9.73. The number of hydrogen-bond donors (Lipinski definition) is 2. The molecule has 0 bridgehead atoms. The highest BCUT2D eigenvalue weighted by atomic mass is 32.1. The zero-order chi connectivity index (χ0) is 21.7. The molecule has 1 aromatic heterocycles. The van der Waals surface area contributed by atoms with Gasteiger partial charge in [-0.15, -0.1) is 11.3 Å². The van der Waals surface area contributed by atoms with Crippen molar-refractivity contribution in [2.45, 2.75) is 32.7 Å². The number of benzene rings is 1. The fourth-order valence-corrected chi connectivity index (χ4v) is 4.11. The van der Waals surface area contributed by atoms with Crippen molar-refractivity contribution in [3.8, 4) is 16.3 Å². The van der Waals surface area contributed by atoms with Gasteiger partial charge in [-0.25, -0.2) is 9.98 Å². The first kappa shape index (κ1) is 23.5. The standard InChI is InChI=1S/C23H34N4O3S/c1-3-24-23(25-11-4-12-30-16-18-9-13-29-14-10-18)26-15-20-17-31-22(27-20)19-5-7-21(28-2)8-6-19/h5-8,17-18H,3-4,9-16H2,1-2H3,(H2,24,25,26). The Kier molecular flexibility index (Phi) is 10.1. The van der Waals surface area contributed by atoms with E-state index in [9.17, 15) is 0 Å². The van der Waals surface area contributed by atoms with Gasteiger partial charge in [0.1, 0.15) is 10.8 Å². The maximum Gasteiger partial charge on any atom is 0.191 e. The van der Waals surface area contributed by atoms with E-state index in [0.29, 0.717) is 12.5 Å². The minimum atomic E-state index is 0.544. The molecule has 0 unspecified atom stereocenters. The molecule has 1 aliphatic rings. The number of aliphatic imine (C=N–C) groups is 1. The van der Waals surface area contributed by atoms with E-state index in [0.717, 1.165) is 86.8 Å². The summed E-state index contributed by atoms with van der Waals surface area (Å²) in [6, 6.07) is 7.96. The molecule has 31 heavy (non-hydrogen) atoms. The van der Waals surface area contributed by atoms with Gasteiger partial charge in [0, 0.05) is 50.5 Å². The molecular weight excluding hydrogens is 412 g/mol. The summed E-state index contributed by atoms with van der Waals surface area (Å²) in [7, 11) is 1.67. The molecule has 0 saturated carbocycles. The maximum absolute atomic E-state index is 5.83. The van der Waals surface area contributed by atoms with Gasteiger partial charge < -0.3 is 24.8 Å². The van der Waals surface area contributed by atoms with Gasteiger partial charge in [0.05, 0.1) is 19.3 Å². The molecule has 2 aromatic rings. The van der Waals surface area contributed by atoms with Crippen LogP contribution in [0.25, 0.3) is 10.6 Å². The zero-order valence-electron chi connectivity index (χ0n) is 18.6. The summed E-state index contributed by atoms with van der Waals surface area (Å²) in [4.78, 5) is 9.39. The Bertz CT molecular complexity index is 788. The van der Waals surface area contributed by atoms with Crippen LogP contribution in [0.15, 0.2) is 34.6 Å². The van der Waals surface area contributed by atoms with Gasteiger partial charge >= 0.3 is 0 Å². The Morgan fingerprint density at radius 1 is 1.23 bits per heavy atom. The van der Waals surface area contributed by atoms with Crippen LogP contribution in [-0.4, -0.2) is 57.6 Å². The minimum absolute atomic E-state index is 0.544. The van der Waals surface area contributed by atoms with E-state index in [-0.39, 0.29) is 0 Å². The normalized spacial score (nSPS) is 15.1. The molecule has 3 rings (SSSR count). The smallest absolute Gasteiger partial charge is 0.191 e. The van der Waals surface area contributed by atoms with E-state index in [2.05, 4.69) is 27.9 Å². The molecular formula is C23H34N4O3S. The van der Waals surface area contributed by atoms with E-state index >= 15 is 0 Å². The quantitative estimate of drug-likeness (QED) is 0.311. The lowest BCUT2D eigenvalue weighted by Crippen LogP contribution is -2.38. The molecule has 7 nitrogen and oxygen atoms in total. The highest BCUT2D eigenvalue weighted by Gasteiger charge is 2.13. The van der Waals surface area contributed by atoms with Gasteiger partial charge in [0.15, 0.2) is 5.96 Å². The van der Waals surface area contributed by atoms with Crippen LogP contribution in [-0.2, 0) is 16.0 Å². The van der Waals surface area contributed by atoms with Crippen LogP contribution in [0.3, 0.4) is 0 Å². The number of methoxy groups -OCH3 is 1. The Morgan fingerprint density at radius 3 is 2.77 bits per heavy atom. The molecule has 0 aliphatic carbocycles. The van der Waals surface area contributed by atoms with Crippen molar-refractivity contribution in [3.63, 3.8) is 0 Å². The fraction of sp³-hybridized carbons (Fsp3) is 0.565. The average Bonchev–Trinajstić information content (AvgIpc) is 3.29. The van der Waals surface area contributed by atoms with Crippen LogP contribution in [0.1, 0.15) is 31.9 Å². The Balaban J connectivity index is 1.40. The Hall–Kier alpha value is -2.16. The average molecular weight is 447 g/mol. The van der Waals surface area contributed by atoms with Crippen molar-refractivity contribution >= 4 is 17.3 Å². The third-order valence-corrected chi connectivity index (χ3v) is 6.02. The second-order valence-corrected chi connectivity index (χ2v) is 8.34. The van der Waals surface area contributed by atoms with Crippen molar-refractivity contribution in [3.05, 3.63) is 35.3 Å². The van der Waals surface area contributed by atoms with Crippen molar-refractivity contribution in [1.82, 2.24) is 15.6 Å². The van der Waals surface area contributed by atoms with Crippen molar-refractivity contribution < 1.29 is 14.2 Å². The second-order valence-electron chi connectivity index (χ2n) is 7.48. The van der Waals surface area contributed by atoms with E-state index in [1.807, 2.05) is 24.3 Å². The molecule has 2 heterocycles. The molecule has 1 aliphatic heterocycles. The van der Waals surface area contributed by atoms with Crippen molar-refractivity contribution in [2.24, 2.45) is 10.9 Å². The first-order valence-corrected chi connectivity index (χ1v) is 11.9. The fourth-order valence-electron chi connectivity index (χ4n) is 3.29. The lowest BCUT2D eigenvalue weighted by Gasteiger charge is -2.21. The number of aromatic nitrogens is 1. The molecule has 2 N–H and O–H groups in total. The van der Waals surface area contributed by atoms with E-state index in [4.69, 9.17) is 19.2 Å². The molecule has 0 spiro atoms. The highest BCUT2D eigenvalue weighted by molar-refractivity contribution is 7.13. The first-order valence-electron chi connectivity index (χ1n) is 11.0. The molecule has 0 radical (unpaired) electrons. The van der Waals surface area contributed by atoms with Gasteiger partial charge in [-0.3, -0.25) is 0 Å². The predicted octanol–water partition coefficient (Wildman–Crippen LogP) is 3.71. The lowest BCUT2D eigenvalue weighted by atomic mass is 10.0. The Morgan fingerprint density at radius 2 is 2.03 bits per heavy atom. The summed E-state index contributed by atoms with van der Waals surface area (Å²) >= 11 is 1.63. The van der Waals surface area contributed by atoms with E-state index in [1.165, 1.54) is 0 Å². The zero-order valence-corrected chi connectivity index (χ0v) is 19.4. The van der Waals surface area contributed by atoms with Crippen LogP contribution in [0, 0.1) is 5.92 Å². The number of nitrogens with zero attached hydrogens (tertiary/aromatic N) is 2. The minimum Gasteiger partial charge on any atom is -0.497 e. The van der Waals surface area contributed by atoms with E-state index in [1.54, 1.807) is 18.4 Å². The molecule has 170 valence electrons. The summed E-state index contributed by atoms with van der Waals surface area (Å²) in [5.74, 6) is 2.31.